The fourth-order valence-electron chi connectivity index (χ4n) is 1.62. The molecule has 6 heteroatoms. The van der Waals surface area contributed by atoms with Crippen molar-refractivity contribution >= 4 is 21.6 Å². The molecule has 0 aliphatic heterocycles. The van der Waals surface area contributed by atoms with Crippen LogP contribution in [0.25, 0.3) is 10.2 Å². The monoisotopic (exact) mass is 274 g/mol. The maximum absolute atomic E-state index is 12.5. The van der Waals surface area contributed by atoms with Gasteiger partial charge in [0.05, 0.1) is 20.8 Å². The second kappa shape index (κ2) is 4.85. The van der Waals surface area contributed by atoms with Crippen LogP contribution in [0.2, 0.25) is 0 Å². The Morgan fingerprint density at radius 2 is 2.11 bits per heavy atom. The van der Waals surface area contributed by atoms with Crippen LogP contribution in [0.3, 0.4) is 0 Å². The topological polar surface area (TPSA) is 38.9 Å². The summed E-state index contributed by atoms with van der Waals surface area (Å²) in [6, 6.07) is 3.67. The third kappa shape index (κ3) is 2.81. The molecule has 0 saturated heterocycles. The molecule has 0 saturated carbocycles. The van der Waals surface area contributed by atoms with Crippen LogP contribution in [0, 0.1) is 5.92 Å². The maximum atomic E-state index is 12.5. The lowest BCUT2D eigenvalue weighted by Gasteiger charge is -2.05. The van der Waals surface area contributed by atoms with Crippen LogP contribution in [0.15, 0.2) is 18.2 Å². The number of hydrogen-bond donors (Lipinski definition) is 1. The van der Waals surface area contributed by atoms with Crippen LogP contribution >= 0.6 is 11.3 Å². The number of halogens is 3. The highest BCUT2D eigenvalue weighted by molar-refractivity contribution is 7.18. The van der Waals surface area contributed by atoms with Crippen molar-refractivity contribution in [2.24, 2.45) is 11.7 Å². The average Bonchev–Trinajstić information content (AvgIpc) is 2.68. The summed E-state index contributed by atoms with van der Waals surface area (Å²) in [6.07, 6.45) is -3.61. The molecule has 1 aromatic carbocycles. The molecule has 2 N–H and O–H groups in total. The SMILES string of the molecule is CC(CN)Cc1nc2cc(C(F)(F)F)ccc2s1. The Balaban J connectivity index is 2.34. The number of nitrogens with zero attached hydrogens (tertiary/aromatic N) is 1. The van der Waals surface area contributed by atoms with Crippen molar-refractivity contribution in [1.82, 2.24) is 4.98 Å². The molecule has 2 rings (SSSR count). The number of hydrogen-bond acceptors (Lipinski definition) is 3. The van der Waals surface area contributed by atoms with Gasteiger partial charge in [-0.05, 0) is 30.7 Å². The van der Waals surface area contributed by atoms with Gasteiger partial charge in [0.25, 0.3) is 0 Å². The summed E-state index contributed by atoms with van der Waals surface area (Å²) < 4.78 is 38.4. The lowest BCUT2D eigenvalue weighted by molar-refractivity contribution is -0.137. The summed E-state index contributed by atoms with van der Waals surface area (Å²) in [7, 11) is 0. The van der Waals surface area contributed by atoms with Gasteiger partial charge in [0, 0.05) is 6.42 Å². The van der Waals surface area contributed by atoms with Gasteiger partial charge in [0.1, 0.15) is 0 Å². The van der Waals surface area contributed by atoms with Crippen LogP contribution in [-0.2, 0) is 12.6 Å². The summed E-state index contributed by atoms with van der Waals surface area (Å²) in [5.74, 6) is 0.285. The zero-order valence-electron chi connectivity index (χ0n) is 9.79. The van der Waals surface area contributed by atoms with Crippen molar-refractivity contribution in [3.63, 3.8) is 0 Å². The van der Waals surface area contributed by atoms with Crippen LogP contribution in [0.4, 0.5) is 13.2 Å². The van der Waals surface area contributed by atoms with Gasteiger partial charge in [0.2, 0.25) is 0 Å². The summed E-state index contributed by atoms with van der Waals surface area (Å²) >= 11 is 1.43. The average molecular weight is 274 g/mol. The normalized spacial score (nSPS) is 14.1. The van der Waals surface area contributed by atoms with Gasteiger partial charge >= 0.3 is 6.18 Å². The number of nitrogens with two attached hydrogens (primary N) is 1. The highest BCUT2D eigenvalue weighted by Gasteiger charge is 2.30. The summed E-state index contributed by atoms with van der Waals surface area (Å²) in [4.78, 5) is 4.24. The fourth-order valence-corrected chi connectivity index (χ4v) is 2.73. The van der Waals surface area contributed by atoms with E-state index in [1.807, 2.05) is 6.92 Å². The van der Waals surface area contributed by atoms with Crippen LogP contribution in [0.1, 0.15) is 17.5 Å². The number of alkyl halides is 3. The van der Waals surface area contributed by atoms with Crippen molar-refractivity contribution in [2.45, 2.75) is 19.5 Å². The number of fused-ring (bicyclic) bond motifs is 1. The molecule has 18 heavy (non-hydrogen) atoms. The van der Waals surface area contributed by atoms with Crippen molar-refractivity contribution < 1.29 is 13.2 Å². The molecule has 98 valence electrons. The Kier molecular flexibility index (Phi) is 3.59. The summed E-state index contributed by atoms with van der Waals surface area (Å²) in [6.45, 7) is 2.54. The minimum atomic E-state index is -4.32. The van der Waals surface area contributed by atoms with Crippen molar-refractivity contribution in [3.05, 3.63) is 28.8 Å². The quantitative estimate of drug-likeness (QED) is 0.931. The largest absolute Gasteiger partial charge is 0.416 e. The van der Waals surface area contributed by atoms with Crippen molar-refractivity contribution in [2.75, 3.05) is 6.54 Å². The van der Waals surface area contributed by atoms with Gasteiger partial charge in [-0.15, -0.1) is 11.3 Å². The second-order valence-electron chi connectivity index (χ2n) is 4.33. The minimum absolute atomic E-state index is 0.285. The highest BCUT2D eigenvalue weighted by Crippen LogP contribution is 2.33. The molecule has 2 nitrogen and oxygen atoms in total. The molecule has 0 aliphatic rings. The molecule has 0 fully saturated rings. The first-order valence-corrected chi connectivity index (χ1v) is 6.38. The molecular formula is C12H13F3N2S. The molecule has 0 bridgehead atoms. The zero-order valence-corrected chi connectivity index (χ0v) is 10.6. The Morgan fingerprint density at radius 3 is 2.72 bits per heavy atom. The molecule has 0 spiro atoms. The Labute approximate surface area is 107 Å². The molecule has 1 atom stereocenters. The van der Waals surface area contributed by atoms with E-state index in [4.69, 9.17) is 5.73 Å². The van der Waals surface area contributed by atoms with Crippen LogP contribution in [-0.4, -0.2) is 11.5 Å². The predicted octanol–water partition coefficient (Wildman–Crippen LogP) is 3.45. The molecular weight excluding hydrogens is 261 g/mol. The van der Waals surface area contributed by atoms with E-state index in [1.54, 1.807) is 0 Å². The molecule has 0 amide bonds. The maximum Gasteiger partial charge on any atom is 0.416 e. The highest BCUT2D eigenvalue weighted by atomic mass is 32.1. The lowest BCUT2D eigenvalue weighted by Crippen LogP contribution is -2.12. The Hall–Kier alpha value is -1.14. The smallest absolute Gasteiger partial charge is 0.330 e. The van der Waals surface area contributed by atoms with Gasteiger partial charge in [-0.2, -0.15) is 13.2 Å². The minimum Gasteiger partial charge on any atom is -0.330 e. The fraction of sp³-hybridized carbons (Fsp3) is 0.417. The van der Waals surface area contributed by atoms with Crippen molar-refractivity contribution in [1.29, 1.82) is 0 Å². The molecule has 2 aromatic rings. The van der Waals surface area contributed by atoms with E-state index in [-0.39, 0.29) is 5.92 Å². The standard InChI is InChI=1S/C12H13F3N2S/c1-7(6-16)4-11-17-9-5-8(12(13,14)15)2-3-10(9)18-11/h2-3,5,7H,4,6,16H2,1H3. The van der Waals surface area contributed by atoms with E-state index in [9.17, 15) is 13.2 Å². The van der Waals surface area contributed by atoms with Gasteiger partial charge in [-0.25, -0.2) is 4.98 Å². The summed E-state index contributed by atoms with van der Waals surface area (Å²) in [5, 5.41) is 0.835. The molecule has 0 radical (unpaired) electrons. The Bertz CT molecular complexity index is 548. The molecule has 1 unspecified atom stereocenters. The number of rotatable bonds is 3. The van der Waals surface area contributed by atoms with Gasteiger partial charge < -0.3 is 5.73 Å². The van der Waals surface area contributed by atoms with E-state index in [0.29, 0.717) is 18.5 Å². The third-order valence-electron chi connectivity index (χ3n) is 2.68. The lowest BCUT2D eigenvalue weighted by atomic mass is 10.1. The van der Waals surface area contributed by atoms with E-state index >= 15 is 0 Å². The van der Waals surface area contributed by atoms with Gasteiger partial charge in [0.15, 0.2) is 0 Å². The third-order valence-corrected chi connectivity index (χ3v) is 3.74. The number of aromatic nitrogens is 1. The van der Waals surface area contributed by atoms with E-state index in [0.717, 1.165) is 21.8 Å². The van der Waals surface area contributed by atoms with Gasteiger partial charge in [-0.1, -0.05) is 6.92 Å². The first-order valence-electron chi connectivity index (χ1n) is 5.57. The first kappa shape index (κ1) is 13.3. The predicted molar refractivity (Wildman–Crippen MR) is 66.5 cm³/mol. The molecule has 0 aliphatic carbocycles. The Morgan fingerprint density at radius 1 is 1.39 bits per heavy atom. The summed E-state index contributed by atoms with van der Waals surface area (Å²) in [5.41, 5.74) is 5.28. The van der Waals surface area contributed by atoms with E-state index in [2.05, 4.69) is 4.98 Å². The molecule has 1 aromatic heterocycles. The van der Waals surface area contributed by atoms with E-state index < -0.39 is 11.7 Å². The van der Waals surface area contributed by atoms with Crippen LogP contribution in [0.5, 0.6) is 0 Å². The zero-order chi connectivity index (χ0) is 13.3. The number of benzene rings is 1. The van der Waals surface area contributed by atoms with Gasteiger partial charge in [-0.3, -0.25) is 0 Å². The number of thiazole rings is 1. The van der Waals surface area contributed by atoms with Crippen molar-refractivity contribution in [3.8, 4) is 0 Å². The second-order valence-corrected chi connectivity index (χ2v) is 5.45. The first-order chi connectivity index (χ1) is 8.40. The van der Waals surface area contributed by atoms with E-state index in [1.165, 1.54) is 17.4 Å². The molecule has 1 heterocycles. The van der Waals surface area contributed by atoms with Crippen LogP contribution < -0.4 is 5.73 Å².